The fourth-order valence-electron chi connectivity index (χ4n) is 1.95. The average Bonchev–Trinajstić information content (AvgIpc) is 2.49. The fourth-order valence-corrected chi connectivity index (χ4v) is 1.95. The second-order valence-corrected chi connectivity index (χ2v) is 3.40. The van der Waals surface area contributed by atoms with Gasteiger partial charge in [-0.2, -0.15) is 4.39 Å². The summed E-state index contributed by atoms with van der Waals surface area (Å²) in [5.74, 6) is 2.49. The van der Waals surface area contributed by atoms with E-state index in [0.717, 1.165) is 19.4 Å². The van der Waals surface area contributed by atoms with E-state index in [0.29, 0.717) is 6.54 Å². The van der Waals surface area contributed by atoms with Crippen LogP contribution < -0.4 is 24.0 Å². The van der Waals surface area contributed by atoms with Gasteiger partial charge in [-0.3, -0.25) is 4.48 Å². The van der Waals surface area contributed by atoms with Gasteiger partial charge in [0.25, 0.3) is 0 Å². The summed E-state index contributed by atoms with van der Waals surface area (Å²) in [6, 6.07) is 0.0195. The summed E-state index contributed by atoms with van der Waals surface area (Å²) < 4.78 is 13.0. The number of halogens is 2. The Bertz CT molecular complexity index is 195. The summed E-state index contributed by atoms with van der Waals surface area (Å²) in [6.45, 7) is 0.773. The van der Waals surface area contributed by atoms with Crippen molar-refractivity contribution in [2.45, 2.75) is 18.9 Å². The first-order valence-corrected chi connectivity index (χ1v) is 4.25. The van der Waals surface area contributed by atoms with Crippen LogP contribution in [0.4, 0.5) is 4.39 Å². The van der Waals surface area contributed by atoms with Crippen LogP contribution in [0.3, 0.4) is 0 Å². The maximum atomic E-state index is 12.7. The average molecular weight is 299 g/mol. The number of terminal acetylenes is 1. The maximum Gasteiger partial charge on any atom is 0.223 e. The zero-order valence-electron chi connectivity index (χ0n) is 7.55. The van der Waals surface area contributed by atoms with Crippen molar-refractivity contribution in [3.8, 4) is 12.3 Å². The molecule has 76 valence electrons. The summed E-state index contributed by atoms with van der Waals surface area (Å²) in [4.78, 5) is 0. The van der Waals surface area contributed by atoms with Gasteiger partial charge in [-0.15, -0.1) is 6.42 Å². The molecule has 2 nitrogen and oxygen atoms in total. The molecule has 1 fully saturated rings. The Labute approximate surface area is 95.7 Å². The standard InChI is InChI=1S/C9H15FNO.HI/c1-2-5-11(8-10)6-3-4-9(11)7-12;/h1,9,12H,3-8H2;1H/q+1;/p-1/t9-,11?;/m0./s1. The first-order valence-electron chi connectivity index (χ1n) is 4.25. The first kappa shape index (κ1) is 13.1. The van der Waals surface area contributed by atoms with E-state index in [4.69, 9.17) is 11.5 Å². The van der Waals surface area contributed by atoms with Crippen LogP contribution in [-0.2, 0) is 0 Å². The van der Waals surface area contributed by atoms with E-state index in [-0.39, 0.29) is 41.1 Å². The van der Waals surface area contributed by atoms with Crippen molar-refractivity contribution in [1.29, 1.82) is 0 Å². The van der Waals surface area contributed by atoms with Gasteiger partial charge >= 0.3 is 0 Å². The Morgan fingerprint density at radius 3 is 2.77 bits per heavy atom. The van der Waals surface area contributed by atoms with Crippen LogP contribution in [0.5, 0.6) is 0 Å². The van der Waals surface area contributed by atoms with E-state index in [1.54, 1.807) is 0 Å². The lowest BCUT2D eigenvalue weighted by Crippen LogP contribution is -3.00. The topological polar surface area (TPSA) is 20.2 Å². The number of nitrogens with zero attached hydrogens (tertiary/aromatic N) is 1. The van der Waals surface area contributed by atoms with Crippen LogP contribution in [0.2, 0.25) is 0 Å². The molecule has 0 amide bonds. The molecule has 0 aliphatic carbocycles. The zero-order valence-corrected chi connectivity index (χ0v) is 9.71. The van der Waals surface area contributed by atoms with Crippen LogP contribution >= 0.6 is 0 Å². The minimum absolute atomic E-state index is 0. The summed E-state index contributed by atoms with van der Waals surface area (Å²) in [5, 5.41) is 9.01. The van der Waals surface area contributed by atoms with Crippen LogP contribution in [0.15, 0.2) is 0 Å². The number of rotatable bonds is 3. The summed E-state index contributed by atoms with van der Waals surface area (Å²) in [6.07, 6.45) is 7.03. The summed E-state index contributed by atoms with van der Waals surface area (Å²) in [7, 11) is 0. The zero-order chi connectivity index (χ0) is 9.03. The second-order valence-electron chi connectivity index (χ2n) is 3.40. The molecule has 2 atom stereocenters. The van der Waals surface area contributed by atoms with Crippen molar-refractivity contribution in [1.82, 2.24) is 0 Å². The van der Waals surface area contributed by atoms with Crippen molar-refractivity contribution in [2.24, 2.45) is 0 Å². The number of aliphatic hydroxyl groups is 1. The predicted octanol–water partition coefficient (Wildman–Crippen LogP) is -2.48. The molecule has 1 rings (SSSR count). The Morgan fingerprint density at radius 1 is 1.62 bits per heavy atom. The molecule has 0 radical (unpaired) electrons. The number of quaternary nitrogens is 1. The molecule has 1 aliphatic heterocycles. The molecule has 0 aromatic rings. The van der Waals surface area contributed by atoms with Gasteiger partial charge in [-0.25, -0.2) is 0 Å². The molecule has 13 heavy (non-hydrogen) atoms. The molecule has 1 heterocycles. The Balaban J connectivity index is 0.00000144. The highest BCUT2D eigenvalue weighted by atomic mass is 127. The number of alkyl halides is 1. The number of hydrogen-bond acceptors (Lipinski definition) is 1. The van der Waals surface area contributed by atoms with Gasteiger partial charge in [0.2, 0.25) is 6.80 Å². The minimum Gasteiger partial charge on any atom is -1.00 e. The molecule has 0 saturated carbocycles. The van der Waals surface area contributed by atoms with E-state index in [1.165, 1.54) is 0 Å². The molecule has 1 aliphatic rings. The SMILES string of the molecule is C#CC[N+]1(CF)CCC[C@H]1CO.[I-]. The van der Waals surface area contributed by atoms with E-state index in [2.05, 4.69) is 5.92 Å². The van der Waals surface area contributed by atoms with Gasteiger partial charge in [-0.05, 0) is 5.92 Å². The van der Waals surface area contributed by atoms with Crippen LogP contribution in [-0.4, -0.2) is 42.1 Å². The van der Waals surface area contributed by atoms with Gasteiger partial charge < -0.3 is 29.1 Å². The molecule has 0 bridgehead atoms. The van der Waals surface area contributed by atoms with Gasteiger partial charge in [0.15, 0.2) is 0 Å². The van der Waals surface area contributed by atoms with Crippen molar-refractivity contribution < 1.29 is 38.0 Å². The Hall–Kier alpha value is 0.140. The Kier molecular flexibility index (Phi) is 5.85. The normalized spacial score (nSPS) is 32.2. The highest BCUT2D eigenvalue weighted by Gasteiger charge is 2.40. The van der Waals surface area contributed by atoms with Crippen molar-refractivity contribution in [3.63, 3.8) is 0 Å². The lowest BCUT2D eigenvalue weighted by atomic mass is 10.2. The molecule has 0 spiro atoms. The number of hydrogen-bond donors (Lipinski definition) is 1. The molecule has 1 saturated heterocycles. The van der Waals surface area contributed by atoms with Gasteiger partial charge in [0.05, 0.1) is 13.2 Å². The first-order chi connectivity index (χ1) is 5.79. The van der Waals surface area contributed by atoms with Gasteiger partial charge in [0, 0.05) is 12.8 Å². The fraction of sp³-hybridized carbons (Fsp3) is 0.778. The Morgan fingerprint density at radius 2 is 2.31 bits per heavy atom. The second kappa shape index (κ2) is 5.78. The van der Waals surface area contributed by atoms with E-state index < -0.39 is 6.80 Å². The highest BCUT2D eigenvalue weighted by molar-refractivity contribution is 4.85. The smallest absolute Gasteiger partial charge is 0.223 e. The van der Waals surface area contributed by atoms with Crippen LogP contribution in [0.25, 0.3) is 0 Å². The summed E-state index contributed by atoms with van der Waals surface area (Å²) in [5.41, 5.74) is 0. The van der Waals surface area contributed by atoms with E-state index in [1.807, 2.05) is 0 Å². The largest absolute Gasteiger partial charge is 1.00 e. The number of aliphatic hydroxyl groups excluding tert-OH is 1. The van der Waals surface area contributed by atoms with Gasteiger partial charge in [-0.1, -0.05) is 0 Å². The van der Waals surface area contributed by atoms with Crippen molar-refractivity contribution in [2.75, 3.05) is 26.5 Å². The van der Waals surface area contributed by atoms with E-state index in [9.17, 15) is 4.39 Å². The van der Waals surface area contributed by atoms with Crippen molar-refractivity contribution >= 4 is 0 Å². The molecular weight excluding hydrogens is 284 g/mol. The molecule has 0 aromatic heterocycles. The minimum atomic E-state index is -0.449. The maximum absolute atomic E-state index is 12.7. The molecule has 0 aromatic carbocycles. The van der Waals surface area contributed by atoms with Crippen molar-refractivity contribution in [3.05, 3.63) is 0 Å². The van der Waals surface area contributed by atoms with Gasteiger partial charge in [0.1, 0.15) is 12.6 Å². The van der Waals surface area contributed by atoms with Crippen LogP contribution in [0.1, 0.15) is 12.8 Å². The predicted molar refractivity (Wildman–Crippen MR) is 44.9 cm³/mol. The lowest BCUT2D eigenvalue weighted by Gasteiger charge is -2.34. The third-order valence-corrected chi connectivity index (χ3v) is 2.77. The quantitative estimate of drug-likeness (QED) is 0.265. The van der Waals surface area contributed by atoms with E-state index >= 15 is 0 Å². The number of likely N-dealkylation sites (tertiary alicyclic amines) is 1. The van der Waals surface area contributed by atoms with Crippen LogP contribution in [0, 0.1) is 12.3 Å². The molecule has 1 N–H and O–H groups in total. The molecule has 1 unspecified atom stereocenters. The lowest BCUT2D eigenvalue weighted by molar-refractivity contribution is -0.944. The third-order valence-electron chi connectivity index (χ3n) is 2.77. The third kappa shape index (κ3) is 2.55. The molecule has 4 heteroatoms. The summed E-state index contributed by atoms with van der Waals surface area (Å²) >= 11 is 0. The molecular formula is C9H15FINO. The highest BCUT2D eigenvalue weighted by Crippen LogP contribution is 2.26. The monoisotopic (exact) mass is 299 g/mol.